The second-order valence-electron chi connectivity index (χ2n) is 8.61. The van der Waals surface area contributed by atoms with Crippen LogP contribution in [0.4, 0.5) is 11.4 Å². The summed E-state index contributed by atoms with van der Waals surface area (Å²) in [5.41, 5.74) is 3.16. The van der Waals surface area contributed by atoms with E-state index in [0.29, 0.717) is 29.4 Å². The van der Waals surface area contributed by atoms with Gasteiger partial charge < -0.3 is 24.4 Å². The molecule has 0 spiro atoms. The Hall–Kier alpha value is -3.52. The molecular weight excluding hydrogens is 524 g/mol. The van der Waals surface area contributed by atoms with Crippen molar-refractivity contribution in [3.05, 3.63) is 76.3 Å². The fourth-order valence-electron chi connectivity index (χ4n) is 4.63. The van der Waals surface area contributed by atoms with E-state index in [2.05, 4.69) is 21.2 Å². The Labute approximate surface area is 219 Å². The van der Waals surface area contributed by atoms with Crippen LogP contribution in [0.2, 0.25) is 0 Å². The molecule has 7 nitrogen and oxygen atoms in total. The minimum Gasteiger partial charge on any atom is -0.497 e. The van der Waals surface area contributed by atoms with Crippen LogP contribution in [0, 0.1) is 12.8 Å². The Morgan fingerprint density at radius 3 is 2.31 bits per heavy atom. The predicted octanol–water partition coefficient (Wildman–Crippen LogP) is 5.91. The van der Waals surface area contributed by atoms with Crippen LogP contribution in [0.1, 0.15) is 30.0 Å². The van der Waals surface area contributed by atoms with Crippen LogP contribution in [-0.4, -0.2) is 33.1 Å². The van der Waals surface area contributed by atoms with E-state index in [-0.39, 0.29) is 18.2 Å². The van der Waals surface area contributed by atoms with Gasteiger partial charge in [0, 0.05) is 22.3 Å². The molecule has 0 aliphatic carbocycles. The molecule has 8 heteroatoms. The number of hydrogen-bond donors (Lipinski definition) is 1. The van der Waals surface area contributed by atoms with Crippen molar-refractivity contribution in [2.75, 3.05) is 31.5 Å². The van der Waals surface area contributed by atoms with E-state index in [1.165, 1.54) is 0 Å². The first kappa shape index (κ1) is 25.6. The topological polar surface area (TPSA) is 77.1 Å². The molecule has 3 aromatic rings. The lowest BCUT2D eigenvalue weighted by Gasteiger charge is -2.41. The van der Waals surface area contributed by atoms with Gasteiger partial charge in [0.05, 0.1) is 33.3 Å². The first-order valence-corrected chi connectivity index (χ1v) is 12.4. The number of piperidine rings is 1. The van der Waals surface area contributed by atoms with Gasteiger partial charge in [-0.1, -0.05) is 22.0 Å². The van der Waals surface area contributed by atoms with E-state index in [0.717, 1.165) is 21.3 Å². The minimum atomic E-state index is -0.546. The van der Waals surface area contributed by atoms with Crippen molar-refractivity contribution >= 4 is 39.1 Å². The zero-order chi connectivity index (χ0) is 25.8. The zero-order valence-corrected chi connectivity index (χ0v) is 22.3. The molecule has 0 saturated carbocycles. The summed E-state index contributed by atoms with van der Waals surface area (Å²) in [6.07, 6.45) is 0.680. The number of carbonyl (C=O) groups is 2. The number of hydrogen-bond acceptors (Lipinski definition) is 5. The van der Waals surface area contributed by atoms with Crippen molar-refractivity contribution in [2.45, 2.75) is 25.8 Å². The number of amides is 2. The minimum absolute atomic E-state index is 0.0520. The number of nitrogens with one attached hydrogen (secondary N) is 1. The number of methoxy groups -OCH3 is 3. The molecule has 2 atom stereocenters. The Kier molecular flexibility index (Phi) is 7.84. The Morgan fingerprint density at radius 2 is 1.67 bits per heavy atom. The highest BCUT2D eigenvalue weighted by atomic mass is 79.9. The average Bonchev–Trinajstić information content (AvgIpc) is 2.89. The molecule has 4 rings (SSSR count). The standard InChI is InChI=1S/C28H29BrN2O5/c1-17-15-19(29)6-12-23(17)30-28(33)22-11-14-26(32)31(20-7-9-21(34-2)10-8-20)27(22)18-5-13-24(35-3)25(16-18)36-4/h5-10,12-13,15-16,22,27H,11,14H2,1-4H3,(H,30,33). The van der Waals surface area contributed by atoms with Crippen LogP contribution in [-0.2, 0) is 9.59 Å². The maximum atomic E-state index is 13.7. The van der Waals surface area contributed by atoms with Gasteiger partial charge in [0.15, 0.2) is 11.5 Å². The molecule has 2 unspecified atom stereocenters. The molecule has 1 fully saturated rings. The summed E-state index contributed by atoms with van der Waals surface area (Å²) < 4.78 is 17.2. The molecule has 1 N–H and O–H groups in total. The van der Waals surface area contributed by atoms with Crippen molar-refractivity contribution in [3.63, 3.8) is 0 Å². The monoisotopic (exact) mass is 552 g/mol. The average molecular weight is 553 g/mol. The van der Waals surface area contributed by atoms with Crippen LogP contribution < -0.4 is 24.4 Å². The predicted molar refractivity (Wildman–Crippen MR) is 143 cm³/mol. The van der Waals surface area contributed by atoms with Crippen LogP contribution in [0.3, 0.4) is 0 Å². The van der Waals surface area contributed by atoms with E-state index in [1.807, 2.05) is 61.5 Å². The van der Waals surface area contributed by atoms with Crippen molar-refractivity contribution in [1.82, 2.24) is 0 Å². The van der Waals surface area contributed by atoms with Crippen LogP contribution in [0.15, 0.2) is 65.1 Å². The molecule has 1 heterocycles. The third kappa shape index (κ3) is 5.18. The lowest BCUT2D eigenvalue weighted by atomic mass is 9.83. The van der Waals surface area contributed by atoms with Crippen molar-refractivity contribution in [1.29, 1.82) is 0 Å². The summed E-state index contributed by atoms with van der Waals surface area (Å²) >= 11 is 3.47. The largest absolute Gasteiger partial charge is 0.497 e. The molecule has 0 bridgehead atoms. The van der Waals surface area contributed by atoms with E-state index < -0.39 is 12.0 Å². The van der Waals surface area contributed by atoms with Crippen LogP contribution >= 0.6 is 15.9 Å². The molecule has 3 aromatic carbocycles. The molecule has 1 aliphatic heterocycles. The molecule has 0 radical (unpaired) electrons. The van der Waals surface area contributed by atoms with Gasteiger partial charge in [0.1, 0.15) is 5.75 Å². The highest BCUT2D eigenvalue weighted by molar-refractivity contribution is 9.10. The number of halogens is 1. The third-order valence-electron chi connectivity index (χ3n) is 6.48. The van der Waals surface area contributed by atoms with E-state index in [9.17, 15) is 9.59 Å². The molecule has 0 aromatic heterocycles. The molecular formula is C28H29BrN2O5. The fourth-order valence-corrected chi connectivity index (χ4v) is 5.10. The van der Waals surface area contributed by atoms with Crippen LogP contribution in [0.5, 0.6) is 17.2 Å². The number of rotatable bonds is 7. The Morgan fingerprint density at radius 1 is 0.944 bits per heavy atom. The summed E-state index contributed by atoms with van der Waals surface area (Å²) in [5, 5.41) is 3.09. The van der Waals surface area contributed by atoms with Crippen molar-refractivity contribution in [2.24, 2.45) is 5.92 Å². The number of carbonyl (C=O) groups excluding carboxylic acids is 2. The lowest BCUT2D eigenvalue weighted by Crippen LogP contribution is -2.47. The van der Waals surface area contributed by atoms with Gasteiger partial charge >= 0.3 is 0 Å². The van der Waals surface area contributed by atoms with Gasteiger partial charge in [0.2, 0.25) is 11.8 Å². The third-order valence-corrected chi connectivity index (χ3v) is 6.97. The second kappa shape index (κ2) is 11.0. The number of anilines is 2. The number of benzene rings is 3. The van der Waals surface area contributed by atoms with Gasteiger partial charge in [-0.3, -0.25) is 9.59 Å². The maximum Gasteiger partial charge on any atom is 0.229 e. The summed E-state index contributed by atoms with van der Waals surface area (Å²) in [5.74, 6) is 1.10. The van der Waals surface area contributed by atoms with Gasteiger partial charge in [0.25, 0.3) is 0 Å². The normalized spacial score (nSPS) is 17.5. The van der Waals surface area contributed by atoms with Gasteiger partial charge in [-0.05, 0) is 79.1 Å². The molecule has 36 heavy (non-hydrogen) atoms. The fraction of sp³-hybridized carbons (Fsp3) is 0.286. The van der Waals surface area contributed by atoms with Gasteiger partial charge in [-0.25, -0.2) is 0 Å². The summed E-state index contributed by atoms with van der Waals surface area (Å²) in [6, 6.07) is 18.0. The van der Waals surface area contributed by atoms with E-state index in [1.54, 1.807) is 32.3 Å². The first-order chi connectivity index (χ1) is 17.4. The summed E-state index contributed by atoms with van der Waals surface area (Å²) in [6.45, 7) is 1.94. The molecule has 1 aliphatic rings. The van der Waals surface area contributed by atoms with Gasteiger partial charge in [-0.2, -0.15) is 0 Å². The SMILES string of the molecule is COc1ccc(N2C(=O)CCC(C(=O)Nc3ccc(Br)cc3C)C2c2ccc(OC)c(OC)c2)cc1. The number of aryl methyl sites for hydroxylation is 1. The maximum absolute atomic E-state index is 13.7. The van der Waals surface area contributed by atoms with E-state index >= 15 is 0 Å². The Bertz CT molecular complexity index is 1260. The number of nitrogens with zero attached hydrogens (tertiary/aromatic N) is 1. The van der Waals surface area contributed by atoms with Crippen LogP contribution in [0.25, 0.3) is 0 Å². The van der Waals surface area contributed by atoms with Crippen molar-refractivity contribution < 1.29 is 23.8 Å². The smallest absolute Gasteiger partial charge is 0.229 e. The molecule has 188 valence electrons. The summed E-state index contributed by atoms with van der Waals surface area (Å²) in [4.78, 5) is 28.8. The first-order valence-electron chi connectivity index (χ1n) is 11.6. The second-order valence-corrected chi connectivity index (χ2v) is 9.53. The Balaban J connectivity index is 1.78. The molecule has 2 amide bonds. The van der Waals surface area contributed by atoms with E-state index in [4.69, 9.17) is 14.2 Å². The quantitative estimate of drug-likeness (QED) is 0.394. The highest BCUT2D eigenvalue weighted by Gasteiger charge is 2.42. The molecule has 1 saturated heterocycles. The van der Waals surface area contributed by atoms with Gasteiger partial charge in [-0.15, -0.1) is 0 Å². The van der Waals surface area contributed by atoms with Crippen molar-refractivity contribution in [3.8, 4) is 17.2 Å². The lowest BCUT2D eigenvalue weighted by molar-refractivity contribution is -0.125. The summed E-state index contributed by atoms with van der Waals surface area (Å²) in [7, 11) is 4.73. The highest BCUT2D eigenvalue weighted by Crippen LogP contribution is 2.43. The number of ether oxygens (including phenoxy) is 3. The zero-order valence-electron chi connectivity index (χ0n) is 20.7.